The number of nitriles is 1. The van der Waals surface area contributed by atoms with Crippen molar-refractivity contribution in [1.82, 2.24) is 4.90 Å². The molecule has 2 aliphatic rings. The van der Waals surface area contributed by atoms with E-state index in [1.165, 1.54) is 12.1 Å². The molecule has 0 saturated carbocycles. The van der Waals surface area contributed by atoms with Crippen LogP contribution in [0.15, 0.2) is 64.7 Å². The molecule has 9 heteroatoms. The van der Waals surface area contributed by atoms with Gasteiger partial charge in [0.2, 0.25) is 0 Å². The summed E-state index contributed by atoms with van der Waals surface area (Å²) in [5.74, 6) is -0.766. The molecule has 2 aliphatic heterocycles. The molecule has 4 rings (SSSR count). The van der Waals surface area contributed by atoms with Gasteiger partial charge in [0.25, 0.3) is 0 Å². The first-order valence-corrected chi connectivity index (χ1v) is 13.0. The zero-order valence-electron chi connectivity index (χ0n) is 22.6. The predicted octanol–water partition coefficient (Wildman–Crippen LogP) is 5.82. The number of esters is 1. The van der Waals surface area contributed by atoms with E-state index in [4.69, 9.17) is 19.2 Å². The van der Waals surface area contributed by atoms with E-state index in [1.807, 2.05) is 20.8 Å². The fourth-order valence-corrected chi connectivity index (χ4v) is 4.74. The maximum Gasteiger partial charge on any atom is 0.410 e. The van der Waals surface area contributed by atoms with Gasteiger partial charge in [0, 0.05) is 24.6 Å². The number of benzene rings is 2. The highest BCUT2D eigenvalue weighted by Gasteiger charge is 2.41. The van der Waals surface area contributed by atoms with Crippen LogP contribution in [0.25, 0.3) is 0 Å². The number of ether oxygens (including phenoxy) is 3. The monoisotopic (exact) mass is 533 g/mol. The molecule has 1 saturated heterocycles. The molecule has 0 N–H and O–H groups in total. The molecule has 0 aromatic heterocycles. The summed E-state index contributed by atoms with van der Waals surface area (Å²) in [6.45, 7) is 8.18. The summed E-state index contributed by atoms with van der Waals surface area (Å²) < 4.78 is 30.5. The maximum absolute atomic E-state index is 14.0. The van der Waals surface area contributed by atoms with Crippen LogP contribution in [0.4, 0.5) is 9.18 Å². The molecule has 2 atom stereocenters. The lowest BCUT2D eigenvalue weighted by Gasteiger charge is -2.36. The van der Waals surface area contributed by atoms with Gasteiger partial charge in [0.15, 0.2) is 11.6 Å². The Hall–Kier alpha value is -4.19. The van der Waals surface area contributed by atoms with Crippen molar-refractivity contribution in [1.29, 1.82) is 5.26 Å². The Bertz CT molecular complexity index is 1340. The molecule has 0 radical (unpaired) electrons. The first-order valence-electron chi connectivity index (χ1n) is 13.0. The number of amides is 1. The van der Waals surface area contributed by atoms with Crippen LogP contribution in [0.2, 0.25) is 0 Å². The quantitative estimate of drug-likeness (QED) is 0.434. The van der Waals surface area contributed by atoms with Gasteiger partial charge in [0.05, 0.1) is 29.5 Å². The summed E-state index contributed by atoms with van der Waals surface area (Å²) in [6, 6.07) is 14.3. The van der Waals surface area contributed by atoms with Gasteiger partial charge < -0.3 is 19.1 Å². The molecule has 2 aromatic carbocycles. The Labute approximate surface area is 227 Å². The van der Waals surface area contributed by atoms with Crippen molar-refractivity contribution >= 4 is 17.8 Å². The van der Waals surface area contributed by atoms with Crippen LogP contribution < -0.4 is 4.74 Å². The highest BCUT2D eigenvalue weighted by Crippen LogP contribution is 2.36. The number of halogens is 1. The number of hydrogen-bond donors (Lipinski definition) is 0. The smallest absolute Gasteiger partial charge is 0.410 e. The fourth-order valence-electron chi connectivity index (χ4n) is 4.74. The predicted molar refractivity (Wildman–Crippen MR) is 143 cm³/mol. The van der Waals surface area contributed by atoms with E-state index in [1.54, 1.807) is 48.2 Å². The fraction of sp³-hybridized carbons (Fsp3) is 0.400. The molecule has 1 unspecified atom stereocenters. The van der Waals surface area contributed by atoms with Gasteiger partial charge in [-0.05, 0) is 76.9 Å². The number of hydrogen-bond acceptors (Lipinski definition) is 7. The summed E-state index contributed by atoms with van der Waals surface area (Å²) in [4.78, 5) is 32.3. The molecule has 2 heterocycles. The number of piperidine rings is 1. The van der Waals surface area contributed by atoms with Crippen LogP contribution in [0.3, 0.4) is 0 Å². The van der Waals surface area contributed by atoms with Crippen molar-refractivity contribution < 1.29 is 28.2 Å². The Morgan fingerprint density at radius 2 is 1.87 bits per heavy atom. The van der Waals surface area contributed by atoms with Crippen LogP contribution in [-0.4, -0.2) is 54.0 Å². The van der Waals surface area contributed by atoms with Gasteiger partial charge in [-0.15, -0.1) is 0 Å². The third-order valence-electron chi connectivity index (χ3n) is 6.43. The molecule has 8 nitrogen and oxygen atoms in total. The second-order valence-corrected chi connectivity index (χ2v) is 10.4. The Kier molecular flexibility index (Phi) is 8.34. The molecule has 1 amide bonds. The second-order valence-electron chi connectivity index (χ2n) is 10.4. The van der Waals surface area contributed by atoms with E-state index in [9.17, 15) is 19.2 Å². The molecular formula is C30H32FN3O5. The molecular weight excluding hydrogens is 501 g/mol. The Morgan fingerprint density at radius 1 is 1.15 bits per heavy atom. The van der Waals surface area contributed by atoms with E-state index >= 15 is 0 Å². The molecule has 0 bridgehead atoms. The largest absolute Gasteiger partial charge is 0.463 e. The van der Waals surface area contributed by atoms with Crippen molar-refractivity contribution in [2.75, 3.05) is 19.7 Å². The van der Waals surface area contributed by atoms with Gasteiger partial charge in [-0.1, -0.05) is 12.1 Å². The van der Waals surface area contributed by atoms with Gasteiger partial charge in [0.1, 0.15) is 17.4 Å². The van der Waals surface area contributed by atoms with Crippen molar-refractivity contribution in [3.63, 3.8) is 0 Å². The highest BCUT2D eigenvalue weighted by atomic mass is 19.1. The van der Waals surface area contributed by atoms with Gasteiger partial charge >= 0.3 is 12.1 Å². The van der Waals surface area contributed by atoms with Gasteiger partial charge in [-0.3, -0.25) is 4.99 Å². The zero-order chi connectivity index (χ0) is 28.2. The molecule has 204 valence electrons. The standard InChI is InChI=1S/C30H32FN3O5/c1-5-37-28(35)25-22(17-32)26(19-12-14-21(15-13-19)38-24-11-7-6-10-23(24)31)33-27(25)20-9-8-16-34(18-20)29(36)39-30(2,3)4/h6-7,10-15,20,27H,5,8-9,16,18H2,1-4H3/t20-,27?/m1/s1. The van der Waals surface area contributed by atoms with Gasteiger partial charge in [-0.2, -0.15) is 5.26 Å². The minimum absolute atomic E-state index is 0.0950. The third kappa shape index (κ3) is 6.45. The number of nitrogens with zero attached hydrogens (tertiary/aromatic N) is 3. The average Bonchev–Trinajstić information content (AvgIpc) is 3.29. The Morgan fingerprint density at radius 3 is 2.51 bits per heavy atom. The molecule has 2 aromatic rings. The lowest BCUT2D eigenvalue weighted by Crippen LogP contribution is -2.45. The van der Waals surface area contributed by atoms with E-state index in [0.717, 1.165) is 6.42 Å². The number of carbonyl (C=O) groups is 2. The molecule has 0 aliphatic carbocycles. The molecule has 1 fully saturated rings. The van der Waals surface area contributed by atoms with Crippen molar-refractivity contribution in [2.45, 2.75) is 52.2 Å². The number of aliphatic imine (C=N–C) groups is 1. The molecule has 0 spiro atoms. The van der Waals surface area contributed by atoms with E-state index in [2.05, 4.69) is 6.07 Å². The normalized spacial score (nSPS) is 19.3. The number of carbonyl (C=O) groups excluding carboxylic acids is 2. The lowest BCUT2D eigenvalue weighted by atomic mass is 9.86. The minimum Gasteiger partial charge on any atom is -0.463 e. The number of para-hydroxylation sites is 1. The number of likely N-dealkylation sites (tertiary alicyclic amines) is 1. The summed E-state index contributed by atoms with van der Waals surface area (Å²) in [6.07, 6.45) is 1.02. The van der Waals surface area contributed by atoms with Crippen LogP contribution in [0.1, 0.15) is 46.1 Å². The summed E-state index contributed by atoms with van der Waals surface area (Å²) in [7, 11) is 0. The highest BCUT2D eigenvalue weighted by molar-refractivity contribution is 6.21. The lowest BCUT2D eigenvalue weighted by molar-refractivity contribution is -0.139. The van der Waals surface area contributed by atoms with Crippen molar-refractivity contribution in [2.24, 2.45) is 10.9 Å². The van der Waals surface area contributed by atoms with Crippen LogP contribution in [0.5, 0.6) is 11.5 Å². The van der Waals surface area contributed by atoms with Crippen LogP contribution in [0, 0.1) is 23.1 Å². The van der Waals surface area contributed by atoms with E-state index in [-0.39, 0.29) is 29.4 Å². The van der Waals surface area contributed by atoms with Crippen LogP contribution >= 0.6 is 0 Å². The Balaban J connectivity index is 1.63. The third-order valence-corrected chi connectivity index (χ3v) is 6.43. The second kappa shape index (κ2) is 11.7. The first kappa shape index (κ1) is 27.8. The minimum atomic E-state index is -0.645. The zero-order valence-corrected chi connectivity index (χ0v) is 22.6. The molecule has 39 heavy (non-hydrogen) atoms. The first-order chi connectivity index (χ1) is 18.6. The van der Waals surface area contributed by atoms with Gasteiger partial charge in [-0.25, -0.2) is 14.0 Å². The SMILES string of the molecule is CCOC(=O)C1=C(C#N)C(c2ccc(Oc3ccccc3F)cc2)=NC1[C@@H]1CCCN(C(=O)OC(C)(C)C)C1. The summed E-state index contributed by atoms with van der Waals surface area (Å²) in [5, 5.41) is 10.1. The summed E-state index contributed by atoms with van der Waals surface area (Å²) >= 11 is 0. The topological polar surface area (TPSA) is 101 Å². The number of rotatable bonds is 6. The van der Waals surface area contributed by atoms with Crippen LogP contribution in [-0.2, 0) is 14.3 Å². The maximum atomic E-state index is 14.0. The summed E-state index contributed by atoms with van der Waals surface area (Å²) in [5.41, 5.74) is 0.705. The average molecular weight is 534 g/mol. The van der Waals surface area contributed by atoms with E-state index < -0.39 is 29.5 Å². The van der Waals surface area contributed by atoms with Crippen molar-refractivity contribution in [3.8, 4) is 17.6 Å². The number of allylic oxidation sites excluding steroid dienone is 1. The van der Waals surface area contributed by atoms with Crippen molar-refractivity contribution in [3.05, 3.63) is 71.1 Å². The van der Waals surface area contributed by atoms with E-state index in [0.29, 0.717) is 36.5 Å².